The fourth-order valence-corrected chi connectivity index (χ4v) is 1.53. The van der Waals surface area contributed by atoms with E-state index in [1.807, 2.05) is 0 Å². The van der Waals surface area contributed by atoms with Crippen LogP contribution in [-0.2, 0) is 11.3 Å². The summed E-state index contributed by atoms with van der Waals surface area (Å²) < 4.78 is 0. The zero-order chi connectivity index (χ0) is 14.6. The second-order valence-electron chi connectivity index (χ2n) is 5.22. The van der Waals surface area contributed by atoms with E-state index in [1.165, 1.54) is 16.1 Å². The normalized spacial score (nSPS) is 11.2. The van der Waals surface area contributed by atoms with Crippen LogP contribution in [-0.4, -0.2) is 61.2 Å². The molecule has 19 heavy (non-hydrogen) atoms. The number of aromatic nitrogens is 3. The number of carboxylic acid groups (broad SMARTS) is 1. The maximum atomic E-state index is 12.3. The number of carboxylic acids is 1. The average Bonchev–Trinajstić information content (AvgIpc) is 2.75. The molecule has 0 bridgehead atoms. The molecule has 0 aliphatic heterocycles. The fraction of sp³-hybridized carbons (Fsp3) is 0.636. The third-order valence-corrected chi connectivity index (χ3v) is 2.51. The smallest absolute Gasteiger partial charge is 0.323 e. The molecule has 2 amide bonds. The van der Waals surface area contributed by atoms with Crippen molar-refractivity contribution in [2.24, 2.45) is 0 Å². The highest BCUT2D eigenvalue weighted by molar-refractivity contribution is 5.80. The third-order valence-electron chi connectivity index (χ3n) is 2.51. The van der Waals surface area contributed by atoms with Crippen LogP contribution >= 0.6 is 0 Å². The van der Waals surface area contributed by atoms with Gasteiger partial charge >= 0.3 is 12.0 Å². The van der Waals surface area contributed by atoms with Crippen LogP contribution in [0.2, 0.25) is 0 Å². The third kappa shape index (κ3) is 4.23. The molecule has 1 aromatic rings. The van der Waals surface area contributed by atoms with Gasteiger partial charge in [-0.15, -0.1) is 0 Å². The maximum absolute atomic E-state index is 12.3. The van der Waals surface area contributed by atoms with Gasteiger partial charge in [-0.3, -0.25) is 9.89 Å². The Hall–Kier alpha value is -2.12. The van der Waals surface area contributed by atoms with E-state index in [4.69, 9.17) is 5.11 Å². The van der Waals surface area contributed by atoms with Crippen molar-refractivity contribution in [3.63, 3.8) is 0 Å². The van der Waals surface area contributed by atoms with Crippen molar-refractivity contribution in [3.05, 3.63) is 12.2 Å². The largest absolute Gasteiger partial charge is 0.480 e. The molecule has 1 rings (SSSR count). The Balaban J connectivity index is 2.78. The Kier molecular flexibility index (Phi) is 4.47. The van der Waals surface area contributed by atoms with Gasteiger partial charge in [-0.2, -0.15) is 5.10 Å². The minimum Gasteiger partial charge on any atom is -0.480 e. The van der Waals surface area contributed by atoms with Crippen LogP contribution < -0.4 is 0 Å². The summed E-state index contributed by atoms with van der Waals surface area (Å²) in [6, 6.07) is -0.369. The maximum Gasteiger partial charge on any atom is 0.323 e. The summed E-state index contributed by atoms with van der Waals surface area (Å²) >= 11 is 0. The first-order chi connectivity index (χ1) is 8.71. The molecule has 8 heteroatoms. The minimum absolute atomic E-state index is 0.241. The number of H-pyrrole nitrogens is 1. The van der Waals surface area contributed by atoms with Crippen molar-refractivity contribution in [1.82, 2.24) is 25.0 Å². The van der Waals surface area contributed by atoms with E-state index in [-0.39, 0.29) is 19.1 Å². The summed E-state index contributed by atoms with van der Waals surface area (Å²) in [5, 5.41) is 15.2. The first kappa shape index (κ1) is 14.9. The summed E-state index contributed by atoms with van der Waals surface area (Å²) in [4.78, 5) is 29.8. The minimum atomic E-state index is -1.05. The van der Waals surface area contributed by atoms with E-state index in [0.717, 1.165) is 0 Å². The Labute approximate surface area is 111 Å². The molecule has 2 N–H and O–H groups in total. The Morgan fingerprint density at radius 3 is 2.47 bits per heavy atom. The van der Waals surface area contributed by atoms with E-state index in [1.54, 1.807) is 27.8 Å². The highest BCUT2D eigenvalue weighted by atomic mass is 16.4. The van der Waals surface area contributed by atoms with Gasteiger partial charge in [0, 0.05) is 12.6 Å². The standard InChI is InChI=1S/C11H19N5O3/c1-11(2,3)16(6-9(17)18)10(19)15(4)5-8-12-7-13-14-8/h7H,5-6H2,1-4H3,(H,17,18)(H,12,13,14). The van der Waals surface area contributed by atoms with Gasteiger partial charge in [0.2, 0.25) is 0 Å². The van der Waals surface area contributed by atoms with Crippen molar-refractivity contribution in [1.29, 1.82) is 0 Å². The predicted molar refractivity (Wildman–Crippen MR) is 67.3 cm³/mol. The van der Waals surface area contributed by atoms with Crippen LogP contribution in [0.3, 0.4) is 0 Å². The summed E-state index contributed by atoms with van der Waals surface area (Å²) in [6.45, 7) is 5.26. The van der Waals surface area contributed by atoms with E-state index in [2.05, 4.69) is 15.2 Å². The molecule has 0 aliphatic rings. The quantitative estimate of drug-likeness (QED) is 0.830. The van der Waals surface area contributed by atoms with Gasteiger partial charge in [0.15, 0.2) is 0 Å². The second kappa shape index (κ2) is 5.68. The summed E-state index contributed by atoms with van der Waals surface area (Å²) in [5.41, 5.74) is -0.578. The van der Waals surface area contributed by atoms with Crippen LogP contribution in [0, 0.1) is 0 Å². The van der Waals surface area contributed by atoms with Crippen molar-refractivity contribution >= 4 is 12.0 Å². The molecule has 0 spiro atoms. The predicted octanol–water partition coefficient (Wildman–Crippen LogP) is 0.542. The van der Waals surface area contributed by atoms with Gasteiger partial charge in [-0.05, 0) is 20.8 Å². The number of aliphatic carboxylic acids is 1. The molecule has 1 heterocycles. The molecular weight excluding hydrogens is 250 g/mol. The van der Waals surface area contributed by atoms with Crippen LogP contribution in [0.15, 0.2) is 6.33 Å². The SMILES string of the molecule is CN(Cc1ncn[nH]1)C(=O)N(CC(=O)O)C(C)(C)C. The number of amides is 2. The van der Waals surface area contributed by atoms with Gasteiger partial charge in [0.1, 0.15) is 18.7 Å². The van der Waals surface area contributed by atoms with Crippen molar-refractivity contribution < 1.29 is 14.7 Å². The monoisotopic (exact) mass is 269 g/mol. The van der Waals surface area contributed by atoms with E-state index in [9.17, 15) is 9.59 Å². The highest BCUT2D eigenvalue weighted by Gasteiger charge is 2.30. The molecule has 1 aromatic heterocycles. The Bertz CT molecular complexity index is 438. The van der Waals surface area contributed by atoms with Crippen molar-refractivity contribution in [2.75, 3.05) is 13.6 Å². The van der Waals surface area contributed by atoms with Crippen LogP contribution in [0.4, 0.5) is 4.79 Å². The van der Waals surface area contributed by atoms with Gasteiger partial charge < -0.3 is 14.9 Å². The van der Waals surface area contributed by atoms with E-state index < -0.39 is 11.5 Å². The number of urea groups is 1. The summed E-state index contributed by atoms with van der Waals surface area (Å²) in [5.74, 6) is -0.503. The molecule has 0 radical (unpaired) electrons. The van der Waals surface area contributed by atoms with Gasteiger partial charge in [-0.1, -0.05) is 0 Å². The molecule has 0 aliphatic carbocycles. The molecule has 0 saturated carbocycles. The van der Waals surface area contributed by atoms with Crippen molar-refractivity contribution in [2.45, 2.75) is 32.9 Å². The lowest BCUT2D eigenvalue weighted by Crippen LogP contribution is -2.52. The number of aromatic amines is 1. The number of rotatable bonds is 4. The lowest BCUT2D eigenvalue weighted by Gasteiger charge is -2.36. The lowest BCUT2D eigenvalue weighted by atomic mass is 10.1. The molecule has 0 fully saturated rings. The van der Waals surface area contributed by atoms with Crippen LogP contribution in [0.1, 0.15) is 26.6 Å². The molecule has 106 valence electrons. The number of nitrogens with one attached hydrogen (secondary N) is 1. The molecule has 0 unspecified atom stereocenters. The molecule has 8 nitrogen and oxygen atoms in total. The lowest BCUT2D eigenvalue weighted by molar-refractivity contribution is -0.138. The van der Waals surface area contributed by atoms with E-state index in [0.29, 0.717) is 5.82 Å². The Morgan fingerprint density at radius 1 is 1.42 bits per heavy atom. The Morgan fingerprint density at radius 2 is 2.05 bits per heavy atom. The topological polar surface area (TPSA) is 102 Å². The first-order valence-electron chi connectivity index (χ1n) is 5.80. The second-order valence-corrected chi connectivity index (χ2v) is 5.22. The number of carbonyl (C=O) groups excluding carboxylic acids is 1. The zero-order valence-electron chi connectivity index (χ0n) is 11.5. The average molecular weight is 269 g/mol. The molecule has 0 atom stereocenters. The van der Waals surface area contributed by atoms with Gasteiger partial charge in [-0.25, -0.2) is 9.78 Å². The van der Waals surface area contributed by atoms with Crippen LogP contribution in [0.5, 0.6) is 0 Å². The van der Waals surface area contributed by atoms with E-state index >= 15 is 0 Å². The summed E-state index contributed by atoms with van der Waals surface area (Å²) in [7, 11) is 1.59. The van der Waals surface area contributed by atoms with Crippen LogP contribution in [0.25, 0.3) is 0 Å². The highest BCUT2D eigenvalue weighted by Crippen LogP contribution is 2.15. The molecule has 0 saturated heterocycles. The number of hydrogen-bond donors (Lipinski definition) is 2. The molecule has 0 aromatic carbocycles. The van der Waals surface area contributed by atoms with Gasteiger partial charge in [0.05, 0.1) is 6.54 Å². The number of hydrogen-bond acceptors (Lipinski definition) is 4. The number of nitrogens with zero attached hydrogens (tertiary/aromatic N) is 4. The fourth-order valence-electron chi connectivity index (χ4n) is 1.53. The zero-order valence-corrected chi connectivity index (χ0v) is 11.5. The number of carbonyl (C=O) groups is 2. The van der Waals surface area contributed by atoms with Gasteiger partial charge in [0.25, 0.3) is 0 Å². The molecular formula is C11H19N5O3. The van der Waals surface area contributed by atoms with Crippen molar-refractivity contribution in [3.8, 4) is 0 Å². The summed E-state index contributed by atoms with van der Waals surface area (Å²) in [6.07, 6.45) is 1.35. The first-order valence-corrected chi connectivity index (χ1v) is 5.80.